The van der Waals surface area contributed by atoms with Crippen LogP contribution in [0.4, 0.5) is 0 Å². The molecule has 1 aromatic heterocycles. The largest absolute Gasteiger partial charge is 0.276 e. The Kier molecular flexibility index (Phi) is 3.34. The maximum absolute atomic E-state index is 5.00. The highest BCUT2D eigenvalue weighted by Crippen LogP contribution is 2.31. The van der Waals surface area contributed by atoms with Crippen molar-refractivity contribution < 1.29 is 0 Å². The molecule has 0 radical (unpaired) electrons. The molecule has 2 nitrogen and oxygen atoms in total. The van der Waals surface area contributed by atoms with E-state index in [0.717, 1.165) is 33.2 Å². The first kappa shape index (κ1) is 14.6. The van der Waals surface area contributed by atoms with Crippen LogP contribution < -0.4 is 0 Å². The van der Waals surface area contributed by atoms with Crippen molar-refractivity contribution in [2.24, 2.45) is 4.99 Å². The highest BCUT2D eigenvalue weighted by atomic mass is 79.9. The summed E-state index contributed by atoms with van der Waals surface area (Å²) in [4.78, 5) is 9.84. The Labute approximate surface area is 144 Å². The second-order valence-corrected chi connectivity index (χ2v) is 7.56. The number of pyridine rings is 1. The first-order chi connectivity index (χ1) is 11.0. The van der Waals surface area contributed by atoms with Crippen LogP contribution in [0, 0.1) is 0 Å². The van der Waals surface area contributed by atoms with E-state index in [1.807, 2.05) is 12.1 Å². The second-order valence-electron chi connectivity index (χ2n) is 6.64. The lowest BCUT2D eigenvalue weighted by Crippen LogP contribution is -2.29. The number of halogens is 1. The van der Waals surface area contributed by atoms with E-state index >= 15 is 0 Å². The van der Waals surface area contributed by atoms with Crippen molar-refractivity contribution in [2.45, 2.75) is 25.8 Å². The zero-order valence-corrected chi connectivity index (χ0v) is 14.8. The number of hydrogen-bond acceptors (Lipinski definition) is 2. The molecular weight excluding hydrogens is 348 g/mol. The molecule has 0 unspecified atom stereocenters. The van der Waals surface area contributed by atoms with Crippen molar-refractivity contribution in [3.05, 3.63) is 75.9 Å². The lowest BCUT2D eigenvalue weighted by molar-refractivity contribution is 0.513. The van der Waals surface area contributed by atoms with Gasteiger partial charge in [-0.15, -0.1) is 0 Å². The second kappa shape index (κ2) is 5.27. The Morgan fingerprint density at radius 3 is 2.70 bits per heavy atom. The molecule has 0 bridgehead atoms. The van der Waals surface area contributed by atoms with Crippen molar-refractivity contribution in [1.29, 1.82) is 0 Å². The van der Waals surface area contributed by atoms with Gasteiger partial charge in [0, 0.05) is 15.4 Å². The minimum absolute atomic E-state index is 0.115. The highest BCUT2D eigenvalue weighted by Gasteiger charge is 2.28. The summed E-state index contributed by atoms with van der Waals surface area (Å²) in [7, 11) is 0. The van der Waals surface area contributed by atoms with Gasteiger partial charge in [0.25, 0.3) is 0 Å². The van der Waals surface area contributed by atoms with E-state index in [9.17, 15) is 0 Å². The number of rotatable bonds is 1. The monoisotopic (exact) mass is 364 g/mol. The molecule has 0 spiro atoms. The van der Waals surface area contributed by atoms with Gasteiger partial charge in [0.15, 0.2) is 0 Å². The number of fused-ring (bicyclic) bond motifs is 2. The minimum Gasteiger partial charge on any atom is -0.276 e. The summed E-state index contributed by atoms with van der Waals surface area (Å²) < 4.78 is 1.11. The number of benzene rings is 2. The van der Waals surface area contributed by atoms with Crippen LogP contribution in [-0.2, 0) is 6.42 Å². The first-order valence-corrected chi connectivity index (χ1v) is 8.56. The third-order valence-electron chi connectivity index (χ3n) is 4.20. The van der Waals surface area contributed by atoms with Gasteiger partial charge in [-0.1, -0.05) is 46.3 Å². The molecule has 2 heterocycles. The van der Waals surface area contributed by atoms with Gasteiger partial charge in [-0.05, 0) is 50.1 Å². The van der Waals surface area contributed by atoms with E-state index in [0.29, 0.717) is 0 Å². The summed E-state index contributed by atoms with van der Waals surface area (Å²) in [5, 5.41) is 1.16. The SMILES string of the molecule is CC1(C)Cc2cc(Br)ccc2C(c2ccc3ccccc3n2)=N1. The standard InChI is InChI=1S/C20H17BrN2/c1-20(2)12-14-11-15(21)8-9-16(14)19(23-20)18-10-7-13-5-3-4-6-17(13)22-18/h3-11H,12H2,1-2H3. The fourth-order valence-corrected chi connectivity index (χ4v) is 3.61. The van der Waals surface area contributed by atoms with E-state index < -0.39 is 0 Å². The van der Waals surface area contributed by atoms with E-state index in [1.54, 1.807) is 0 Å². The molecule has 4 rings (SSSR count). The maximum atomic E-state index is 5.00. The number of hydrogen-bond donors (Lipinski definition) is 0. The predicted octanol–water partition coefficient (Wildman–Crippen LogP) is 5.17. The molecule has 3 heteroatoms. The average molecular weight is 365 g/mol. The summed E-state index contributed by atoms with van der Waals surface area (Å²) in [5.41, 5.74) is 5.35. The van der Waals surface area contributed by atoms with Crippen LogP contribution in [0.1, 0.15) is 30.7 Å². The summed E-state index contributed by atoms with van der Waals surface area (Å²) in [5.74, 6) is 0. The van der Waals surface area contributed by atoms with Crippen LogP contribution >= 0.6 is 15.9 Å². The molecule has 1 aliphatic rings. The molecule has 0 fully saturated rings. The van der Waals surface area contributed by atoms with Crippen molar-refractivity contribution in [3.8, 4) is 0 Å². The average Bonchev–Trinajstić information content (AvgIpc) is 2.52. The lowest BCUT2D eigenvalue weighted by Gasteiger charge is -2.29. The van der Waals surface area contributed by atoms with Crippen molar-refractivity contribution >= 4 is 32.5 Å². The number of aliphatic imine (C=N–C) groups is 1. The normalized spacial score (nSPS) is 16.0. The fraction of sp³-hybridized carbons (Fsp3) is 0.200. The van der Waals surface area contributed by atoms with Gasteiger partial charge in [0.05, 0.1) is 22.5 Å². The van der Waals surface area contributed by atoms with Crippen LogP contribution in [0.5, 0.6) is 0 Å². The molecule has 0 amide bonds. The molecule has 2 aromatic carbocycles. The van der Waals surface area contributed by atoms with Gasteiger partial charge < -0.3 is 0 Å². The molecule has 114 valence electrons. The quantitative estimate of drug-likeness (QED) is 0.584. The molecule has 0 aliphatic carbocycles. The summed E-state index contributed by atoms with van der Waals surface area (Å²) in [6, 6.07) is 18.8. The van der Waals surface area contributed by atoms with Crippen LogP contribution in [0.2, 0.25) is 0 Å². The zero-order chi connectivity index (χ0) is 16.0. The molecule has 0 atom stereocenters. The predicted molar refractivity (Wildman–Crippen MR) is 99.3 cm³/mol. The van der Waals surface area contributed by atoms with Gasteiger partial charge in [-0.2, -0.15) is 0 Å². The Balaban J connectivity index is 1.93. The molecule has 0 saturated carbocycles. The van der Waals surface area contributed by atoms with E-state index in [2.05, 4.69) is 72.2 Å². The summed E-state index contributed by atoms with van der Waals surface area (Å²) >= 11 is 3.58. The summed E-state index contributed by atoms with van der Waals surface area (Å²) in [6.07, 6.45) is 0.943. The van der Waals surface area contributed by atoms with Crippen LogP contribution in [0.15, 0.2) is 64.1 Å². The van der Waals surface area contributed by atoms with E-state index in [1.165, 1.54) is 11.1 Å². The Morgan fingerprint density at radius 2 is 1.83 bits per heavy atom. The third kappa shape index (κ3) is 2.70. The number of para-hydroxylation sites is 1. The van der Waals surface area contributed by atoms with Crippen LogP contribution in [-0.4, -0.2) is 16.2 Å². The number of nitrogens with zero attached hydrogens (tertiary/aromatic N) is 2. The van der Waals surface area contributed by atoms with Gasteiger partial charge in [0.1, 0.15) is 0 Å². The van der Waals surface area contributed by atoms with Crippen LogP contribution in [0.25, 0.3) is 10.9 Å². The Hall–Kier alpha value is -2.00. The van der Waals surface area contributed by atoms with Crippen molar-refractivity contribution in [3.63, 3.8) is 0 Å². The topological polar surface area (TPSA) is 25.2 Å². The smallest absolute Gasteiger partial charge is 0.0912 e. The van der Waals surface area contributed by atoms with E-state index in [4.69, 9.17) is 9.98 Å². The van der Waals surface area contributed by atoms with Crippen molar-refractivity contribution in [1.82, 2.24) is 4.98 Å². The fourth-order valence-electron chi connectivity index (χ4n) is 3.20. The van der Waals surface area contributed by atoms with Gasteiger partial charge in [-0.3, -0.25) is 4.99 Å². The maximum Gasteiger partial charge on any atom is 0.0912 e. The van der Waals surface area contributed by atoms with Gasteiger partial charge >= 0.3 is 0 Å². The molecule has 3 aromatic rings. The highest BCUT2D eigenvalue weighted by molar-refractivity contribution is 9.10. The van der Waals surface area contributed by atoms with Gasteiger partial charge in [-0.25, -0.2) is 4.98 Å². The molecule has 0 N–H and O–H groups in total. The third-order valence-corrected chi connectivity index (χ3v) is 4.69. The zero-order valence-electron chi connectivity index (χ0n) is 13.2. The molecule has 0 saturated heterocycles. The van der Waals surface area contributed by atoms with Crippen LogP contribution in [0.3, 0.4) is 0 Å². The van der Waals surface area contributed by atoms with Gasteiger partial charge in [0.2, 0.25) is 0 Å². The number of aromatic nitrogens is 1. The van der Waals surface area contributed by atoms with Crippen molar-refractivity contribution in [2.75, 3.05) is 0 Å². The summed E-state index contributed by atoms with van der Waals surface area (Å²) in [6.45, 7) is 4.36. The molecule has 23 heavy (non-hydrogen) atoms. The minimum atomic E-state index is -0.115. The first-order valence-electron chi connectivity index (χ1n) is 7.77. The molecule has 1 aliphatic heterocycles. The lowest BCUT2D eigenvalue weighted by atomic mass is 9.86. The molecular formula is C20H17BrN2. The Morgan fingerprint density at radius 1 is 1.00 bits per heavy atom. The Bertz CT molecular complexity index is 941. The van der Waals surface area contributed by atoms with E-state index in [-0.39, 0.29) is 5.54 Å².